The van der Waals surface area contributed by atoms with Gasteiger partial charge in [-0.15, -0.1) is 0 Å². The second kappa shape index (κ2) is 6.12. The summed E-state index contributed by atoms with van der Waals surface area (Å²) < 4.78 is 13.1. The summed E-state index contributed by atoms with van der Waals surface area (Å²) >= 11 is 0. The zero-order chi connectivity index (χ0) is 12.1. The van der Waals surface area contributed by atoms with Crippen molar-refractivity contribution >= 4 is 10.8 Å². The fourth-order valence-corrected chi connectivity index (χ4v) is 1.84. The van der Waals surface area contributed by atoms with Crippen LogP contribution in [0, 0.1) is 0 Å². The van der Waals surface area contributed by atoms with Crippen molar-refractivity contribution in [2.45, 2.75) is 31.2 Å². The molecule has 1 aromatic rings. The smallest absolute Gasteiger partial charge is 0.0948 e. The van der Waals surface area contributed by atoms with E-state index in [1.807, 2.05) is 11.5 Å². The Morgan fingerprint density at radius 3 is 2.94 bits per heavy atom. The second-order valence-corrected chi connectivity index (χ2v) is 5.70. The maximum absolute atomic E-state index is 11.2. The van der Waals surface area contributed by atoms with Crippen LogP contribution in [0.25, 0.3) is 0 Å². The zero-order valence-corrected chi connectivity index (χ0v) is 10.5. The van der Waals surface area contributed by atoms with Crippen molar-refractivity contribution in [2.24, 2.45) is 5.73 Å². The van der Waals surface area contributed by atoms with E-state index in [9.17, 15) is 4.21 Å². The number of aromatic nitrogens is 2. The Labute approximate surface area is 98.1 Å². The van der Waals surface area contributed by atoms with Crippen LogP contribution >= 0.6 is 0 Å². The number of aliphatic hydroxyl groups is 1. The minimum Gasteiger partial charge on any atom is -0.394 e. The van der Waals surface area contributed by atoms with E-state index in [0.29, 0.717) is 0 Å². The molecule has 1 aromatic heterocycles. The highest BCUT2D eigenvalue weighted by Gasteiger charge is 2.12. The van der Waals surface area contributed by atoms with Gasteiger partial charge >= 0.3 is 0 Å². The van der Waals surface area contributed by atoms with Crippen LogP contribution in [0.2, 0.25) is 0 Å². The van der Waals surface area contributed by atoms with Crippen LogP contribution in [-0.4, -0.2) is 37.0 Å². The number of nitrogens with two attached hydrogens (primary N) is 1. The lowest BCUT2D eigenvalue weighted by Crippen LogP contribution is -2.20. The van der Waals surface area contributed by atoms with E-state index in [2.05, 4.69) is 4.98 Å². The summed E-state index contributed by atoms with van der Waals surface area (Å²) in [7, 11) is -0.805. The van der Waals surface area contributed by atoms with Gasteiger partial charge in [0, 0.05) is 35.0 Å². The molecule has 0 spiro atoms. The number of aliphatic hydroxyl groups excluding tert-OH is 1. The van der Waals surface area contributed by atoms with Crippen LogP contribution < -0.4 is 5.73 Å². The standard InChI is InChI=1S/C10H19N3O2S/c1-8(16(2)15)3-4-13-7-12-5-10(13)9(11)6-14/h5,7-9,14H,3-4,6,11H2,1-2H3. The highest BCUT2D eigenvalue weighted by molar-refractivity contribution is 7.84. The van der Waals surface area contributed by atoms with Gasteiger partial charge in [0.05, 0.1) is 24.7 Å². The molecule has 6 heteroatoms. The Balaban J connectivity index is 2.60. The van der Waals surface area contributed by atoms with Gasteiger partial charge in [-0.3, -0.25) is 4.21 Å². The van der Waals surface area contributed by atoms with Crippen LogP contribution in [0.15, 0.2) is 12.5 Å². The normalized spacial score (nSPS) is 17.0. The average Bonchev–Trinajstić information content (AvgIpc) is 2.72. The molecule has 0 amide bonds. The summed E-state index contributed by atoms with van der Waals surface area (Å²) in [5, 5.41) is 9.14. The molecule has 0 saturated heterocycles. The minimum atomic E-state index is -0.805. The van der Waals surface area contributed by atoms with Gasteiger partial charge in [0.15, 0.2) is 0 Å². The van der Waals surface area contributed by atoms with Crippen LogP contribution in [0.1, 0.15) is 25.1 Å². The SMILES string of the molecule is CC(CCn1cncc1C(N)CO)S(C)=O. The third-order valence-corrected chi connectivity index (χ3v) is 4.03. The van der Waals surface area contributed by atoms with E-state index < -0.39 is 16.8 Å². The van der Waals surface area contributed by atoms with Crippen LogP contribution in [0.3, 0.4) is 0 Å². The van der Waals surface area contributed by atoms with Crippen molar-refractivity contribution in [1.82, 2.24) is 9.55 Å². The molecule has 0 aliphatic rings. The molecule has 92 valence electrons. The molecule has 0 saturated carbocycles. The van der Waals surface area contributed by atoms with Crippen LogP contribution in [0.4, 0.5) is 0 Å². The molecule has 3 atom stereocenters. The molecule has 0 fully saturated rings. The lowest BCUT2D eigenvalue weighted by Gasteiger charge is -2.14. The van der Waals surface area contributed by atoms with E-state index in [1.54, 1.807) is 18.8 Å². The second-order valence-electron chi connectivity index (χ2n) is 3.90. The largest absolute Gasteiger partial charge is 0.394 e. The minimum absolute atomic E-state index is 0.0963. The summed E-state index contributed by atoms with van der Waals surface area (Å²) in [4.78, 5) is 4.01. The van der Waals surface area contributed by atoms with E-state index in [-0.39, 0.29) is 11.9 Å². The van der Waals surface area contributed by atoms with E-state index in [0.717, 1.165) is 18.7 Å². The highest BCUT2D eigenvalue weighted by atomic mass is 32.2. The molecule has 0 aliphatic heterocycles. The van der Waals surface area contributed by atoms with Gasteiger partial charge in [0.2, 0.25) is 0 Å². The molecular weight excluding hydrogens is 226 g/mol. The molecule has 0 aliphatic carbocycles. The summed E-state index contributed by atoms with van der Waals surface area (Å²) in [5.74, 6) is 0. The molecule has 0 radical (unpaired) electrons. The number of hydrogen-bond donors (Lipinski definition) is 2. The molecule has 1 heterocycles. The number of aryl methyl sites for hydroxylation is 1. The predicted octanol–water partition coefficient (Wildman–Crippen LogP) is 0.0323. The van der Waals surface area contributed by atoms with Gasteiger partial charge in [0.1, 0.15) is 0 Å². The van der Waals surface area contributed by atoms with Crippen molar-refractivity contribution in [3.05, 3.63) is 18.2 Å². The van der Waals surface area contributed by atoms with Gasteiger partial charge in [-0.25, -0.2) is 4.98 Å². The molecule has 3 unspecified atom stereocenters. The van der Waals surface area contributed by atoms with E-state index >= 15 is 0 Å². The number of nitrogens with zero attached hydrogens (tertiary/aromatic N) is 2. The predicted molar refractivity (Wildman–Crippen MR) is 64.4 cm³/mol. The summed E-state index contributed by atoms with van der Waals surface area (Å²) in [6.07, 6.45) is 5.87. The molecule has 16 heavy (non-hydrogen) atoms. The molecular formula is C10H19N3O2S. The topological polar surface area (TPSA) is 81.1 Å². The summed E-state index contributed by atoms with van der Waals surface area (Å²) in [5.41, 5.74) is 6.55. The van der Waals surface area contributed by atoms with Gasteiger partial charge in [0.25, 0.3) is 0 Å². The lowest BCUT2D eigenvalue weighted by molar-refractivity contribution is 0.263. The van der Waals surface area contributed by atoms with Crippen molar-refractivity contribution in [3.63, 3.8) is 0 Å². The lowest BCUT2D eigenvalue weighted by atomic mass is 10.2. The Morgan fingerprint density at radius 2 is 2.38 bits per heavy atom. The first-order valence-electron chi connectivity index (χ1n) is 5.25. The zero-order valence-electron chi connectivity index (χ0n) is 9.67. The molecule has 5 nitrogen and oxygen atoms in total. The first-order chi connectivity index (χ1) is 7.56. The molecule has 3 N–H and O–H groups in total. The number of imidazole rings is 1. The molecule has 0 aromatic carbocycles. The highest BCUT2D eigenvalue weighted by Crippen LogP contribution is 2.11. The van der Waals surface area contributed by atoms with Gasteiger partial charge in [-0.05, 0) is 6.42 Å². The average molecular weight is 245 g/mol. The van der Waals surface area contributed by atoms with E-state index in [1.165, 1.54) is 0 Å². The maximum Gasteiger partial charge on any atom is 0.0948 e. The maximum atomic E-state index is 11.2. The van der Waals surface area contributed by atoms with Crippen LogP contribution in [-0.2, 0) is 17.3 Å². The molecule has 1 rings (SSSR count). The fourth-order valence-electron chi connectivity index (χ4n) is 1.41. The fraction of sp³-hybridized carbons (Fsp3) is 0.700. The van der Waals surface area contributed by atoms with Crippen molar-refractivity contribution in [1.29, 1.82) is 0 Å². The first kappa shape index (κ1) is 13.3. The Bertz CT molecular complexity index is 354. The monoisotopic (exact) mass is 245 g/mol. The third kappa shape index (κ3) is 3.40. The van der Waals surface area contributed by atoms with Crippen molar-refractivity contribution in [2.75, 3.05) is 12.9 Å². The third-order valence-electron chi connectivity index (χ3n) is 2.66. The van der Waals surface area contributed by atoms with E-state index in [4.69, 9.17) is 10.8 Å². The summed E-state index contributed by atoms with van der Waals surface area (Å²) in [6, 6.07) is -0.398. The molecule has 0 bridgehead atoms. The first-order valence-corrected chi connectivity index (χ1v) is 6.87. The van der Waals surface area contributed by atoms with Crippen molar-refractivity contribution < 1.29 is 9.32 Å². The van der Waals surface area contributed by atoms with Crippen LogP contribution in [0.5, 0.6) is 0 Å². The summed E-state index contributed by atoms with van der Waals surface area (Å²) in [6.45, 7) is 2.59. The number of rotatable bonds is 6. The Morgan fingerprint density at radius 1 is 1.69 bits per heavy atom. The number of hydrogen-bond acceptors (Lipinski definition) is 4. The quantitative estimate of drug-likeness (QED) is 0.741. The van der Waals surface area contributed by atoms with Gasteiger partial charge < -0.3 is 15.4 Å². The van der Waals surface area contributed by atoms with Crippen molar-refractivity contribution in [3.8, 4) is 0 Å². The van der Waals surface area contributed by atoms with Gasteiger partial charge in [-0.1, -0.05) is 6.92 Å². The Kier molecular flexibility index (Phi) is 5.11. The Hall–Kier alpha value is -0.720. The van der Waals surface area contributed by atoms with Gasteiger partial charge in [-0.2, -0.15) is 0 Å².